The Balaban J connectivity index is 1.66. The van der Waals surface area contributed by atoms with Crippen molar-refractivity contribution in [3.63, 3.8) is 0 Å². The molecule has 0 aromatic heterocycles. The summed E-state index contributed by atoms with van der Waals surface area (Å²) in [4.78, 5) is 1.04. The van der Waals surface area contributed by atoms with Crippen molar-refractivity contribution in [2.75, 3.05) is 0 Å². The molecule has 90 valence electrons. The minimum Gasteiger partial charge on any atom is -0.147 e. The van der Waals surface area contributed by atoms with E-state index in [1.54, 1.807) is 0 Å². The number of hydrogen-bond acceptors (Lipinski definition) is 3. The second-order valence-corrected chi connectivity index (χ2v) is 11.6. The smallest absolute Gasteiger partial charge is 0.147 e. The third-order valence-corrected chi connectivity index (χ3v) is 11.8. The van der Waals surface area contributed by atoms with Crippen molar-refractivity contribution in [1.29, 1.82) is 0 Å². The molecule has 1 heterocycles. The van der Waals surface area contributed by atoms with Gasteiger partial charge in [0.05, 0.1) is 0 Å². The molecule has 2 aromatic rings. The molecule has 1 fully saturated rings. The molecule has 18 heavy (non-hydrogen) atoms. The Labute approximate surface area is 123 Å². The van der Waals surface area contributed by atoms with Crippen LogP contribution in [0, 0.1) is 6.92 Å². The molecule has 3 rings (SSSR count). The maximum absolute atomic E-state index is 4.33. The van der Waals surface area contributed by atoms with Crippen molar-refractivity contribution < 1.29 is 0 Å². The minimum absolute atomic E-state index is 0.0765. The van der Waals surface area contributed by atoms with Crippen molar-refractivity contribution in [1.82, 2.24) is 0 Å². The number of hydrogen-bond donors (Lipinski definition) is 1. The van der Waals surface area contributed by atoms with Crippen LogP contribution in [0.2, 0.25) is 0 Å². The average Bonchev–Trinajstić information content (AvgIpc) is 2.32. The summed E-state index contributed by atoms with van der Waals surface area (Å²) in [7, 11) is 0. The van der Waals surface area contributed by atoms with E-state index in [2.05, 4.69) is 90.5 Å². The van der Waals surface area contributed by atoms with Crippen LogP contribution in [0.1, 0.15) is 5.56 Å². The highest BCUT2D eigenvalue weighted by Gasteiger charge is 2.36. The van der Waals surface area contributed by atoms with Gasteiger partial charge in [0.25, 0.3) is 0 Å². The van der Waals surface area contributed by atoms with Crippen LogP contribution in [0.15, 0.2) is 53.4 Å². The van der Waals surface area contributed by atoms with E-state index in [0.29, 0.717) is 5.27 Å². The van der Waals surface area contributed by atoms with E-state index in [1.165, 1.54) is 16.3 Å². The zero-order chi connectivity index (χ0) is 12.5. The normalized spacial score (nSPS) is 15.6. The Hall–Kier alpha value is -0.0151. The van der Waals surface area contributed by atoms with Crippen LogP contribution in [0.5, 0.6) is 0 Å². The molecular formula is C13H12BPS3. The topological polar surface area (TPSA) is 0 Å². The summed E-state index contributed by atoms with van der Waals surface area (Å²) in [6, 6.07) is 17.5. The van der Waals surface area contributed by atoms with Crippen LogP contribution < -0.4 is 10.8 Å². The molecule has 2 aromatic carbocycles. The highest BCUT2D eigenvalue weighted by atomic mass is 33.1. The summed E-state index contributed by atoms with van der Waals surface area (Å²) in [6.45, 7) is 2.14. The molecule has 0 bridgehead atoms. The largest absolute Gasteiger partial charge is 0.318 e. The van der Waals surface area contributed by atoms with Crippen LogP contribution in [-0.2, 0) is 0 Å². The Kier molecular flexibility index (Phi) is 4.00. The second-order valence-electron chi connectivity index (χ2n) is 4.23. The van der Waals surface area contributed by atoms with Crippen molar-refractivity contribution in [2.24, 2.45) is 0 Å². The molecule has 1 saturated heterocycles. The summed E-state index contributed by atoms with van der Waals surface area (Å²) in [5.41, 5.74) is 2.78. The third kappa shape index (κ3) is 2.77. The molecule has 0 nitrogen and oxygen atoms in total. The lowest BCUT2D eigenvalue weighted by molar-refractivity contribution is 1.49. The Morgan fingerprint density at radius 3 is 2.17 bits per heavy atom. The maximum Gasteiger partial charge on any atom is 0.318 e. The molecule has 5 heteroatoms. The van der Waals surface area contributed by atoms with Crippen LogP contribution in [-0.4, -0.2) is 5.27 Å². The van der Waals surface area contributed by atoms with E-state index in [0.717, 1.165) is 4.90 Å². The summed E-state index contributed by atoms with van der Waals surface area (Å²) >= 11 is 8.51. The molecule has 0 radical (unpaired) electrons. The quantitative estimate of drug-likeness (QED) is 0.504. The highest BCUT2D eigenvalue weighted by Crippen LogP contribution is 2.73. The Morgan fingerprint density at radius 1 is 0.944 bits per heavy atom. The molecule has 0 spiro atoms. The first-order chi connectivity index (χ1) is 8.72. The van der Waals surface area contributed by atoms with E-state index in [1.807, 2.05) is 0 Å². The van der Waals surface area contributed by atoms with Gasteiger partial charge in [-0.3, -0.25) is 0 Å². The van der Waals surface area contributed by atoms with Crippen LogP contribution in [0.25, 0.3) is 0 Å². The molecule has 0 saturated carbocycles. The van der Waals surface area contributed by atoms with Crippen LogP contribution >= 0.6 is 41.4 Å². The Bertz CT molecular complexity index is 486. The molecule has 1 aliphatic heterocycles. The van der Waals surface area contributed by atoms with E-state index in [-0.39, 0.29) is 6.33 Å². The number of benzene rings is 2. The zero-order valence-electron chi connectivity index (χ0n) is 9.91. The van der Waals surface area contributed by atoms with Gasteiger partial charge >= 0.3 is 5.27 Å². The second kappa shape index (κ2) is 5.54. The van der Waals surface area contributed by atoms with Gasteiger partial charge in [-0.2, -0.15) is 0 Å². The third-order valence-electron chi connectivity index (χ3n) is 2.79. The summed E-state index contributed by atoms with van der Waals surface area (Å²) in [5, 5.41) is 2.08. The average molecular weight is 306 g/mol. The first-order valence-corrected chi connectivity index (χ1v) is 10.5. The minimum atomic E-state index is -0.0765. The van der Waals surface area contributed by atoms with Gasteiger partial charge in [-0.05, 0) is 24.4 Å². The van der Waals surface area contributed by atoms with Gasteiger partial charge in [-0.15, -0.1) is 35.1 Å². The predicted octanol–water partition coefficient (Wildman–Crippen LogP) is 4.10. The van der Waals surface area contributed by atoms with Gasteiger partial charge in [0.1, 0.15) is 0 Å². The number of rotatable bonds is 2. The fraction of sp³-hybridized carbons (Fsp3) is 0.0769. The van der Waals surface area contributed by atoms with Gasteiger partial charge in [-0.25, -0.2) is 0 Å². The van der Waals surface area contributed by atoms with Crippen LogP contribution in [0.3, 0.4) is 0 Å². The van der Waals surface area contributed by atoms with E-state index < -0.39 is 0 Å². The van der Waals surface area contributed by atoms with E-state index in [9.17, 15) is 0 Å². The lowest BCUT2D eigenvalue weighted by atomic mass is 9.92. The molecule has 0 unspecified atom stereocenters. The molecule has 0 atom stereocenters. The van der Waals surface area contributed by atoms with Gasteiger partial charge in [0, 0.05) is 11.2 Å². The summed E-state index contributed by atoms with van der Waals surface area (Å²) < 4.78 is 0. The Morgan fingerprint density at radius 2 is 1.56 bits per heavy atom. The molecule has 0 aliphatic carbocycles. The van der Waals surface area contributed by atoms with Crippen molar-refractivity contribution in [2.45, 2.75) is 11.8 Å². The summed E-state index contributed by atoms with van der Waals surface area (Å²) in [5.74, 6) is 0. The van der Waals surface area contributed by atoms with Crippen molar-refractivity contribution in [3.05, 3.63) is 54.1 Å². The number of aryl methyl sites for hydroxylation is 1. The summed E-state index contributed by atoms with van der Waals surface area (Å²) in [6.07, 6.45) is -0.0765. The first-order valence-electron chi connectivity index (χ1n) is 5.72. The highest BCUT2D eigenvalue weighted by molar-refractivity contribution is 9.18. The molecule has 1 aliphatic rings. The molecular weight excluding hydrogens is 294 g/mol. The molecule has 0 amide bonds. The number of thiol groups is 1. The van der Waals surface area contributed by atoms with Crippen molar-refractivity contribution >= 4 is 57.5 Å². The van der Waals surface area contributed by atoms with Gasteiger partial charge in [0.15, 0.2) is 0 Å². The van der Waals surface area contributed by atoms with Gasteiger partial charge in [-0.1, -0.05) is 47.4 Å². The zero-order valence-corrected chi connectivity index (χ0v) is 13.3. The standard InChI is InChI=1S/C13H12BPS3/c1-10-2-4-11(5-3-10)14-17-15(18-14)12-6-8-13(16)9-7-12/h2-9,16H,1H3. The van der Waals surface area contributed by atoms with Gasteiger partial charge < -0.3 is 0 Å². The SMILES string of the molecule is Cc1ccc(B2SP(c3ccc(S)cc3)S2)cc1. The fourth-order valence-corrected chi connectivity index (χ4v) is 9.03. The lowest BCUT2D eigenvalue weighted by Crippen LogP contribution is -2.28. The molecule has 0 N–H and O–H groups in total. The van der Waals surface area contributed by atoms with E-state index in [4.69, 9.17) is 0 Å². The van der Waals surface area contributed by atoms with E-state index >= 15 is 0 Å². The predicted molar refractivity (Wildman–Crippen MR) is 92.0 cm³/mol. The maximum atomic E-state index is 4.33. The van der Waals surface area contributed by atoms with Gasteiger partial charge in [0.2, 0.25) is 0 Å². The monoisotopic (exact) mass is 306 g/mol. The first kappa shape index (κ1) is 13.0. The van der Waals surface area contributed by atoms with Crippen molar-refractivity contribution in [3.8, 4) is 0 Å². The van der Waals surface area contributed by atoms with Crippen LogP contribution in [0.4, 0.5) is 0 Å². The lowest BCUT2D eigenvalue weighted by Gasteiger charge is -2.32. The fourth-order valence-electron chi connectivity index (χ4n) is 1.72.